The molecule has 0 fully saturated rings. The zero-order valence-corrected chi connectivity index (χ0v) is 14.1. The van der Waals surface area contributed by atoms with Gasteiger partial charge in [0, 0.05) is 23.1 Å². The Hall–Kier alpha value is -2.52. The lowest BCUT2D eigenvalue weighted by Gasteiger charge is -2.08. The van der Waals surface area contributed by atoms with Crippen LogP contribution in [0.2, 0.25) is 0 Å². The van der Waals surface area contributed by atoms with E-state index in [1.807, 2.05) is 5.38 Å². The highest BCUT2D eigenvalue weighted by Crippen LogP contribution is 2.39. The molecular weight excluding hydrogens is 348 g/mol. The molecule has 1 amide bonds. The molecule has 1 aromatic carbocycles. The molecule has 0 saturated carbocycles. The van der Waals surface area contributed by atoms with Crippen LogP contribution in [0.1, 0.15) is 6.92 Å². The summed E-state index contributed by atoms with van der Waals surface area (Å²) in [7, 11) is 0. The molecule has 3 aromatic rings. The van der Waals surface area contributed by atoms with Crippen molar-refractivity contribution < 1.29 is 9.72 Å². The van der Waals surface area contributed by atoms with Crippen LogP contribution in [0.25, 0.3) is 21.3 Å². The number of nitrogens with two attached hydrogens (primary N) is 1. The highest BCUT2D eigenvalue weighted by Gasteiger charge is 2.19. The van der Waals surface area contributed by atoms with Crippen molar-refractivity contribution >= 4 is 44.9 Å². The van der Waals surface area contributed by atoms with Gasteiger partial charge >= 0.3 is 0 Å². The van der Waals surface area contributed by atoms with Crippen LogP contribution in [0.5, 0.6) is 0 Å². The normalized spacial score (nSPS) is 12.2. The number of nitro benzene ring substituents is 1. The van der Waals surface area contributed by atoms with Gasteiger partial charge in [0.05, 0.1) is 15.6 Å². The van der Waals surface area contributed by atoms with Gasteiger partial charge in [0.15, 0.2) is 0 Å². The Morgan fingerprint density at radius 1 is 1.42 bits per heavy atom. The minimum absolute atomic E-state index is 0.0170. The fourth-order valence-corrected chi connectivity index (χ4v) is 4.03. The lowest BCUT2D eigenvalue weighted by atomic mass is 10.1. The first-order chi connectivity index (χ1) is 11.5. The van der Waals surface area contributed by atoms with Crippen molar-refractivity contribution in [2.45, 2.75) is 17.2 Å². The number of non-ortho nitro benzene ring substituents is 1. The summed E-state index contributed by atoms with van der Waals surface area (Å²) in [5.74, 6) is -0.432. The summed E-state index contributed by atoms with van der Waals surface area (Å²) < 4.78 is 0. The average molecular weight is 360 g/mol. The lowest BCUT2D eigenvalue weighted by molar-refractivity contribution is -0.384. The molecule has 1 unspecified atom stereocenters. The van der Waals surface area contributed by atoms with Gasteiger partial charge in [-0.15, -0.1) is 11.3 Å². The predicted octanol–water partition coefficient (Wildman–Crippen LogP) is 3.23. The number of benzene rings is 1. The van der Waals surface area contributed by atoms with Crippen molar-refractivity contribution in [2.75, 3.05) is 0 Å². The topological polar surface area (TPSA) is 112 Å². The molecule has 2 N–H and O–H groups in total. The number of amides is 1. The van der Waals surface area contributed by atoms with E-state index in [1.54, 1.807) is 19.1 Å². The number of carbonyl (C=O) groups is 1. The van der Waals surface area contributed by atoms with Gasteiger partial charge in [-0.1, -0.05) is 23.9 Å². The Kier molecular flexibility index (Phi) is 4.45. The van der Waals surface area contributed by atoms with Gasteiger partial charge in [0.1, 0.15) is 16.2 Å². The third-order valence-electron chi connectivity index (χ3n) is 3.39. The minimum atomic E-state index is -0.444. The maximum absolute atomic E-state index is 11.3. The Labute approximate surface area is 145 Å². The van der Waals surface area contributed by atoms with E-state index in [1.165, 1.54) is 41.6 Å². The number of thiophene rings is 1. The van der Waals surface area contributed by atoms with Crippen LogP contribution in [0.3, 0.4) is 0 Å². The van der Waals surface area contributed by atoms with Crippen LogP contribution in [0.4, 0.5) is 5.69 Å². The molecule has 24 heavy (non-hydrogen) atoms. The Bertz CT molecular complexity index is 941. The number of carbonyl (C=O) groups excluding carboxylic acids is 1. The predicted molar refractivity (Wildman–Crippen MR) is 94.0 cm³/mol. The first-order valence-corrected chi connectivity index (χ1v) is 8.66. The molecule has 0 aliphatic heterocycles. The van der Waals surface area contributed by atoms with Crippen molar-refractivity contribution in [1.82, 2.24) is 9.97 Å². The number of hydrogen-bond acceptors (Lipinski definition) is 7. The number of nitro groups is 1. The molecule has 9 heteroatoms. The first kappa shape index (κ1) is 16.3. The quantitative estimate of drug-likeness (QED) is 0.323. The van der Waals surface area contributed by atoms with Gasteiger partial charge in [-0.05, 0) is 12.5 Å². The molecule has 0 aliphatic carbocycles. The van der Waals surface area contributed by atoms with E-state index in [4.69, 9.17) is 5.73 Å². The van der Waals surface area contributed by atoms with Gasteiger partial charge in [-0.2, -0.15) is 0 Å². The van der Waals surface area contributed by atoms with E-state index in [9.17, 15) is 14.9 Å². The molecule has 2 heterocycles. The van der Waals surface area contributed by atoms with Crippen LogP contribution >= 0.6 is 23.1 Å². The smallest absolute Gasteiger partial charge is 0.270 e. The largest absolute Gasteiger partial charge is 0.369 e. The van der Waals surface area contributed by atoms with E-state index in [0.717, 1.165) is 15.8 Å². The summed E-state index contributed by atoms with van der Waals surface area (Å²) in [6.07, 6.45) is 1.44. The Balaban J connectivity index is 2.14. The summed E-state index contributed by atoms with van der Waals surface area (Å²) in [5, 5.41) is 13.9. The van der Waals surface area contributed by atoms with Crippen molar-refractivity contribution in [1.29, 1.82) is 0 Å². The molecule has 122 valence electrons. The van der Waals surface area contributed by atoms with Crippen LogP contribution in [0.15, 0.2) is 41.0 Å². The van der Waals surface area contributed by atoms with E-state index >= 15 is 0 Å². The highest BCUT2D eigenvalue weighted by atomic mass is 32.2. The number of rotatable bonds is 5. The second-order valence-corrected chi connectivity index (χ2v) is 7.17. The zero-order chi connectivity index (χ0) is 17.3. The molecule has 0 saturated heterocycles. The second-order valence-electron chi connectivity index (χ2n) is 4.98. The Morgan fingerprint density at radius 3 is 2.92 bits per heavy atom. The molecule has 0 bridgehead atoms. The Morgan fingerprint density at radius 2 is 2.21 bits per heavy atom. The summed E-state index contributed by atoms with van der Waals surface area (Å²) >= 11 is 2.67. The fraction of sp³-hybridized carbons (Fsp3) is 0.133. The molecule has 0 radical (unpaired) electrons. The maximum Gasteiger partial charge on any atom is 0.270 e. The third-order valence-corrected chi connectivity index (χ3v) is 5.40. The number of nitrogens with zero attached hydrogens (tertiary/aromatic N) is 3. The van der Waals surface area contributed by atoms with Crippen molar-refractivity contribution in [3.8, 4) is 11.1 Å². The SMILES string of the molecule is CC(Sc1ncnc2scc(-c3cccc([N+](=O)[O-])c3)c12)C(N)=O. The molecule has 1 atom stereocenters. The number of fused-ring (bicyclic) bond motifs is 1. The minimum Gasteiger partial charge on any atom is -0.369 e. The fourth-order valence-electron chi connectivity index (χ4n) is 2.16. The van der Waals surface area contributed by atoms with E-state index in [-0.39, 0.29) is 5.69 Å². The van der Waals surface area contributed by atoms with Crippen LogP contribution in [-0.4, -0.2) is 26.0 Å². The molecule has 7 nitrogen and oxygen atoms in total. The van der Waals surface area contributed by atoms with Crippen LogP contribution in [0, 0.1) is 10.1 Å². The third kappa shape index (κ3) is 3.08. The summed E-state index contributed by atoms with van der Waals surface area (Å²) in [6.45, 7) is 1.71. The van der Waals surface area contributed by atoms with Gasteiger partial charge in [0.2, 0.25) is 5.91 Å². The number of hydrogen-bond donors (Lipinski definition) is 1. The van der Waals surface area contributed by atoms with Gasteiger partial charge in [0.25, 0.3) is 5.69 Å². The molecular formula is C15H12N4O3S2. The van der Waals surface area contributed by atoms with Crippen molar-refractivity contribution in [3.05, 3.63) is 46.1 Å². The summed E-state index contributed by atoms with van der Waals surface area (Å²) in [5.41, 5.74) is 6.86. The molecule has 0 spiro atoms. The van der Waals surface area contributed by atoms with Crippen molar-refractivity contribution in [2.24, 2.45) is 5.73 Å². The number of primary amides is 1. The van der Waals surface area contributed by atoms with Crippen molar-refractivity contribution in [3.63, 3.8) is 0 Å². The molecule has 2 aromatic heterocycles. The summed E-state index contributed by atoms with van der Waals surface area (Å²) in [4.78, 5) is 31.2. The van der Waals surface area contributed by atoms with E-state index in [2.05, 4.69) is 9.97 Å². The van der Waals surface area contributed by atoms with E-state index in [0.29, 0.717) is 10.6 Å². The first-order valence-electron chi connectivity index (χ1n) is 6.90. The zero-order valence-electron chi connectivity index (χ0n) is 12.5. The number of aromatic nitrogens is 2. The highest BCUT2D eigenvalue weighted by molar-refractivity contribution is 8.00. The van der Waals surface area contributed by atoms with Crippen LogP contribution < -0.4 is 5.73 Å². The number of thioether (sulfide) groups is 1. The van der Waals surface area contributed by atoms with Gasteiger partial charge < -0.3 is 5.73 Å². The average Bonchev–Trinajstić information content (AvgIpc) is 3.00. The standard InChI is InChI=1S/C15H12N4O3S2/c1-8(13(16)20)24-15-12-11(6-23-14(12)17-7-18-15)9-3-2-4-10(5-9)19(21)22/h2-8H,1H3,(H2,16,20). The van der Waals surface area contributed by atoms with Gasteiger partial charge in [-0.25, -0.2) is 9.97 Å². The summed E-state index contributed by atoms with van der Waals surface area (Å²) in [6, 6.07) is 6.40. The van der Waals surface area contributed by atoms with E-state index < -0.39 is 16.1 Å². The maximum atomic E-state index is 11.3. The monoisotopic (exact) mass is 360 g/mol. The molecule has 0 aliphatic rings. The van der Waals surface area contributed by atoms with Gasteiger partial charge in [-0.3, -0.25) is 14.9 Å². The second kappa shape index (κ2) is 6.54. The molecule has 3 rings (SSSR count). The van der Waals surface area contributed by atoms with Crippen LogP contribution in [-0.2, 0) is 4.79 Å². The lowest BCUT2D eigenvalue weighted by Crippen LogP contribution is -2.22.